The van der Waals surface area contributed by atoms with Gasteiger partial charge in [0.2, 0.25) is 11.8 Å². The molecule has 174 valence electrons. The number of aliphatic hydroxyl groups excluding tert-OH is 1. The molecule has 1 unspecified atom stereocenters. The first-order valence-electron chi connectivity index (χ1n) is 11.1. The van der Waals surface area contributed by atoms with E-state index in [9.17, 15) is 4.79 Å². The number of carbonyl (C=O) groups excluding carboxylic acids is 1. The van der Waals surface area contributed by atoms with E-state index in [2.05, 4.69) is 25.2 Å². The summed E-state index contributed by atoms with van der Waals surface area (Å²) in [4.78, 5) is 27.7. The van der Waals surface area contributed by atoms with Crippen molar-refractivity contribution >= 4 is 23.5 Å². The maximum absolute atomic E-state index is 12.4. The van der Waals surface area contributed by atoms with Crippen LogP contribution in [0, 0.1) is 19.8 Å². The number of aromatic nitrogens is 3. The van der Waals surface area contributed by atoms with E-state index in [0.717, 1.165) is 50.3 Å². The van der Waals surface area contributed by atoms with Crippen LogP contribution in [0.15, 0.2) is 18.5 Å². The highest BCUT2D eigenvalue weighted by atomic mass is 35.5. The van der Waals surface area contributed by atoms with Gasteiger partial charge < -0.3 is 20.1 Å². The molecule has 0 bridgehead atoms. The third-order valence-corrected chi connectivity index (χ3v) is 5.96. The highest BCUT2D eigenvalue weighted by Gasteiger charge is 2.21. The molecule has 1 aliphatic rings. The van der Waals surface area contributed by atoms with E-state index in [-0.39, 0.29) is 18.6 Å². The molecule has 1 amide bonds. The number of ether oxygens (including phenoxy) is 1. The molecule has 2 aromatic rings. The van der Waals surface area contributed by atoms with Gasteiger partial charge in [-0.05, 0) is 57.9 Å². The molecule has 1 atom stereocenters. The smallest absolute Gasteiger partial charge is 0.253 e. The monoisotopic (exact) mass is 461 g/mol. The molecular weight excluding hydrogens is 430 g/mol. The molecule has 8 nitrogen and oxygen atoms in total. The third-order valence-electron chi connectivity index (χ3n) is 5.76. The van der Waals surface area contributed by atoms with E-state index in [4.69, 9.17) is 21.4 Å². The summed E-state index contributed by atoms with van der Waals surface area (Å²) >= 11 is 5.87. The number of amides is 1. The number of nitrogens with one attached hydrogen (secondary N) is 1. The second kappa shape index (κ2) is 11.4. The molecule has 3 heterocycles. The number of rotatable bonds is 9. The maximum Gasteiger partial charge on any atom is 0.253 e. The van der Waals surface area contributed by atoms with Crippen molar-refractivity contribution in [3.63, 3.8) is 0 Å². The van der Waals surface area contributed by atoms with Gasteiger partial charge in [-0.1, -0.05) is 11.6 Å². The lowest BCUT2D eigenvalue weighted by Crippen LogP contribution is -2.36. The number of aryl methyl sites for hydroxylation is 2. The van der Waals surface area contributed by atoms with Gasteiger partial charge in [-0.25, -0.2) is 15.0 Å². The number of anilines is 1. The maximum atomic E-state index is 12.4. The zero-order chi connectivity index (χ0) is 23.1. The fourth-order valence-electron chi connectivity index (χ4n) is 3.99. The number of pyridine rings is 1. The molecule has 0 saturated carbocycles. The van der Waals surface area contributed by atoms with Gasteiger partial charge in [-0.3, -0.25) is 4.79 Å². The summed E-state index contributed by atoms with van der Waals surface area (Å²) in [6.07, 6.45) is 7.56. The predicted molar refractivity (Wildman–Crippen MR) is 124 cm³/mol. The summed E-state index contributed by atoms with van der Waals surface area (Å²) in [5, 5.41) is 12.5. The van der Waals surface area contributed by atoms with Gasteiger partial charge in [0, 0.05) is 25.2 Å². The lowest BCUT2D eigenvalue weighted by Gasteiger charge is -2.31. The number of halogens is 1. The van der Waals surface area contributed by atoms with Crippen molar-refractivity contribution in [2.75, 3.05) is 31.2 Å². The Labute approximate surface area is 194 Å². The Kier molecular flexibility index (Phi) is 8.64. The van der Waals surface area contributed by atoms with E-state index in [1.165, 1.54) is 0 Å². The molecule has 32 heavy (non-hydrogen) atoms. The van der Waals surface area contributed by atoms with Crippen molar-refractivity contribution in [2.24, 2.45) is 5.92 Å². The van der Waals surface area contributed by atoms with E-state index in [0.29, 0.717) is 34.7 Å². The van der Waals surface area contributed by atoms with Crippen LogP contribution in [0.1, 0.15) is 54.2 Å². The zero-order valence-corrected chi connectivity index (χ0v) is 19.7. The first-order chi connectivity index (χ1) is 15.4. The van der Waals surface area contributed by atoms with Gasteiger partial charge in [-0.15, -0.1) is 0 Å². The van der Waals surface area contributed by atoms with Gasteiger partial charge >= 0.3 is 0 Å². The normalized spacial score (nSPS) is 15.5. The fraction of sp³-hybridized carbons (Fsp3) is 0.565. The molecule has 0 aromatic carbocycles. The second-order valence-corrected chi connectivity index (χ2v) is 8.85. The molecule has 1 aliphatic heterocycles. The summed E-state index contributed by atoms with van der Waals surface area (Å²) in [7, 11) is 0. The highest BCUT2D eigenvalue weighted by Crippen LogP contribution is 2.25. The van der Waals surface area contributed by atoms with E-state index in [1.807, 2.05) is 6.92 Å². The van der Waals surface area contributed by atoms with Crippen LogP contribution in [0.3, 0.4) is 0 Å². The number of carbonyl (C=O) groups is 1. The predicted octanol–water partition coefficient (Wildman–Crippen LogP) is 3.33. The first-order valence-corrected chi connectivity index (χ1v) is 11.5. The Morgan fingerprint density at radius 1 is 1.31 bits per heavy atom. The van der Waals surface area contributed by atoms with Crippen LogP contribution in [0.25, 0.3) is 0 Å². The summed E-state index contributed by atoms with van der Waals surface area (Å²) < 4.78 is 5.87. The number of hydrogen-bond acceptors (Lipinski definition) is 7. The lowest BCUT2D eigenvalue weighted by molar-refractivity contribution is 0.0920. The average molecular weight is 462 g/mol. The largest absolute Gasteiger partial charge is 0.478 e. The van der Waals surface area contributed by atoms with Gasteiger partial charge in [0.05, 0.1) is 41.9 Å². The molecule has 9 heteroatoms. The van der Waals surface area contributed by atoms with Crippen molar-refractivity contribution in [2.45, 2.75) is 52.5 Å². The molecule has 1 saturated heterocycles. The molecule has 0 aliphatic carbocycles. The number of piperidine rings is 1. The minimum Gasteiger partial charge on any atom is -0.478 e. The van der Waals surface area contributed by atoms with Crippen LogP contribution >= 0.6 is 11.6 Å². The van der Waals surface area contributed by atoms with Crippen molar-refractivity contribution in [3.8, 4) is 5.88 Å². The van der Waals surface area contributed by atoms with Crippen molar-refractivity contribution < 1.29 is 14.6 Å². The SMILES string of the molecule is Cc1cc(OCCCC2CCN(c3ncc(Cl)cn3)CC2)nc(C)c1C(=O)NC(C)CO. The standard InChI is InChI=1S/C23H32ClN5O3/c1-15-11-20(28-17(3)21(15)22(31)27-16(2)14-30)32-10-4-5-18-6-8-29(9-7-18)23-25-12-19(24)13-26-23/h11-13,16,18,30H,4-10,14H2,1-3H3,(H,27,31). The van der Waals surface area contributed by atoms with Crippen LogP contribution < -0.4 is 15.0 Å². The number of nitrogens with zero attached hydrogens (tertiary/aromatic N) is 4. The minimum absolute atomic E-state index is 0.105. The Morgan fingerprint density at radius 2 is 2.00 bits per heavy atom. The Morgan fingerprint density at radius 3 is 2.62 bits per heavy atom. The summed E-state index contributed by atoms with van der Waals surface area (Å²) in [6, 6.07) is 1.50. The van der Waals surface area contributed by atoms with Crippen LogP contribution in [0.5, 0.6) is 5.88 Å². The molecule has 0 spiro atoms. The third kappa shape index (κ3) is 6.53. The van der Waals surface area contributed by atoms with Gasteiger partial charge in [0.15, 0.2) is 0 Å². The average Bonchev–Trinajstić information content (AvgIpc) is 2.77. The lowest BCUT2D eigenvalue weighted by atomic mass is 9.92. The van der Waals surface area contributed by atoms with Gasteiger partial charge in [0.1, 0.15) is 0 Å². The molecule has 0 radical (unpaired) electrons. The summed E-state index contributed by atoms with van der Waals surface area (Å²) in [6.45, 7) is 7.82. The van der Waals surface area contributed by atoms with Crippen molar-refractivity contribution in [3.05, 3.63) is 40.3 Å². The van der Waals surface area contributed by atoms with E-state index < -0.39 is 0 Å². The number of hydrogen-bond donors (Lipinski definition) is 2. The zero-order valence-electron chi connectivity index (χ0n) is 19.0. The molecule has 3 rings (SSSR count). The Bertz CT molecular complexity index is 878. The van der Waals surface area contributed by atoms with Crippen LogP contribution in [-0.4, -0.2) is 58.3 Å². The first kappa shape index (κ1) is 24.2. The van der Waals surface area contributed by atoms with E-state index in [1.54, 1.807) is 32.3 Å². The fourth-order valence-corrected chi connectivity index (χ4v) is 4.09. The van der Waals surface area contributed by atoms with Crippen LogP contribution in [-0.2, 0) is 0 Å². The quantitative estimate of drug-likeness (QED) is 0.552. The van der Waals surface area contributed by atoms with E-state index >= 15 is 0 Å². The Hall–Kier alpha value is -2.45. The summed E-state index contributed by atoms with van der Waals surface area (Å²) in [5.41, 5.74) is 1.97. The highest BCUT2D eigenvalue weighted by molar-refractivity contribution is 6.30. The number of aliphatic hydroxyl groups is 1. The van der Waals surface area contributed by atoms with Crippen LogP contribution in [0.2, 0.25) is 5.02 Å². The van der Waals surface area contributed by atoms with Gasteiger partial charge in [-0.2, -0.15) is 0 Å². The minimum atomic E-state index is -0.303. The molecule has 2 N–H and O–H groups in total. The molecule has 2 aromatic heterocycles. The second-order valence-electron chi connectivity index (χ2n) is 8.42. The van der Waals surface area contributed by atoms with Gasteiger partial charge in [0.25, 0.3) is 5.91 Å². The van der Waals surface area contributed by atoms with Crippen molar-refractivity contribution in [1.82, 2.24) is 20.3 Å². The Balaban J connectivity index is 1.42. The molecule has 1 fully saturated rings. The molecular formula is C23H32ClN5O3. The van der Waals surface area contributed by atoms with Crippen molar-refractivity contribution in [1.29, 1.82) is 0 Å². The van der Waals surface area contributed by atoms with Crippen LogP contribution in [0.4, 0.5) is 5.95 Å². The topological polar surface area (TPSA) is 100 Å². The summed E-state index contributed by atoms with van der Waals surface area (Å²) in [5.74, 6) is 1.73.